The predicted molar refractivity (Wildman–Crippen MR) is 69.7 cm³/mol. The molecule has 0 aromatic rings. The van der Waals surface area contributed by atoms with Gasteiger partial charge in [0.15, 0.2) is 0 Å². The molecule has 6 nitrogen and oxygen atoms in total. The highest BCUT2D eigenvalue weighted by atomic mass is 32.2. The van der Waals surface area contributed by atoms with Crippen LogP contribution in [-0.2, 0) is 14.9 Å². The van der Waals surface area contributed by atoms with Crippen LogP contribution in [0, 0.1) is 11.8 Å². The molecule has 0 aromatic carbocycles. The van der Waals surface area contributed by atoms with Gasteiger partial charge in [-0.2, -0.15) is 17.0 Å². The summed E-state index contributed by atoms with van der Waals surface area (Å²) in [5.41, 5.74) is -0.820. The summed E-state index contributed by atoms with van der Waals surface area (Å²) in [7, 11) is -3.44. The molecule has 0 radical (unpaired) electrons. The topological polar surface area (TPSA) is 70.1 Å². The Labute approximate surface area is 114 Å². The van der Waals surface area contributed by atoms with E-state index in [1.54, 1.807) is 0 Å². The van der Waals surface area contributed by atoms with E-state index in [0.717, 1.165) is 12.8 Å². The maximum Gasteiger partial charge on any atom is 0.282 e. The van der Waals surface area contributed by atoms with E-state index in [4.69, 9.17) is 4.74 Å². The molecule has 0 aromatic heterocycles. The molecule has 3 fully saturated rings. The second-order valence-corrected chi connectivity index (χ2v) is 7.91. The van der Waals surface area contributed by atoms with E-state index in [1.807, 2.05) is 6.92 Å². The van der Waals surface area contributed by atoms with Gasteiger partial charge < -0.3 is 9.84 Å². The second kappa shape index (κ2) is 4.66. The Morgan fingerprint density at radius 2 is 1.84 bits per heavy atom. The first-order valence-electron chi connectivity index (χ1n) is 7.00. The van der Waals surface area contributed by atoms with Crippen molar-refractivity contribution in [3.05, 3.63) is 0 Å². The van der Waals surface area contributed by atoms with E-state index >= 15 is 0 Å². The second-order valence-electron chi connectivity index (χ2n) is 5.98. The molecule has 3 aliphatic rings. The molecule has 0 bridgehead atoms. The zero-order valence-corrected chi connectivity index (χ0v) is 12.1. The van der Waals surface area contributed by atoms with Gasteiger partial charge in [-0.1, -0.05) is 6.92 Å². The molecule has 2 heterocycles. The number of morpholine rings is 1. The first-order chi connectivity index (χ1) is 8.94. The van der Waals surface area contributed by atoms with E-state index in [1.165, 1.54) is 8.61 Å². The van der Waals surface area contributed by atoms with Crippen LogP contribution >= 0.6 is 0 Å². The largest absolute Gasteiger partial charge is 0.388 e. The maximum absolute atomic E-state index is 12.5. The summed E-state index contributed by atoms with van der Waals surface area (Å²) < 4.78 is 33.2. The molecule has 3 rings (SSSR count). The molecule has 19 heavy (non-hydrogen) atoms. The summed E-state index contributed by atoms with van der Waals surface area (Å²) in [5, 5.41) is 10.7. The summed E-state index contributed by atoms with van der Waals surface area (Å²) in [5.74, 6) is 0.295. The molecule has 1 saturated carbocycles. The zero-order valence-electron chi connectivity index (χ0n) is 11.3. The smallest absolute Gasteiger partial charge is 0.282 e. The number of hydrogen-bond acceptors (Lipinski definition) is 4. The lowest BCUT2D eigenvalue weighted by atomic mass is 9.88. The maximum atomic E-state index is 12.5. The molecule has 2 atom stereocenters. The fourth-order valence-electron chi connectivity index (χ4n) is 3.20. The van der Waals surface area contributed by atoms with E-state index < -0.39 is 15.8 Å². The van der Waals surface area contributed by atoms with Crippen LogP contribution in [0.2, 0.25) is 0 Å². The highest BCUT2D eigenvalue weighted by molar-refractivity contribution is 7.86. The number of β-amino-alcohol motifs (C(OH)–C–C–N with tert-alkyl or cyclic N) is 1. The number of hydrogen-bond donors (Lipinski definition) is 1. The molecule has 1 N–H and O–H groups in total. The van der Waals surface area contributed by atoms with Crippen molar-refractivity contribution in [2.75, 3.05) is 39.4 Å². The molecular weight excluding hydrogens is 268 g/mol. The average Bonchev–Trinajstić information content (AvgIpc) is 3.19. The normalized spacial score (nSPS) is 38.7. The van der Waals surface area contributed by atoms with Gasteiger partial charge in [-0.3, -0.25) is 0 Å². The minimum Gasteiger partial charge on any atom is -0.388 e. The molecule has 110 valence electrons. The summed E-state index contributed by atoms with van der Waals surface area (Å²) in [4.78, 5) is 0. The van der Waals surface area contributed by atoms with Gasteiger partial charge in [-0.05, 0) is 18.8 Å². The van der Waals surface area contributed by atoms with Crippen molar-refractivity contribution in [1.29, 1.82) is 0 Å². The van der Waals surface area contributed by atoms with E-state index in [9.17, 15) is 13.5 Å². The van der Waals surface area contributed by atoms with Gasteiger partial charge in [0.25, 0.3) is 10.2 Å². The lowest BCUT2D eigenvalue weighted by Gasteiger charge is -2.31. The lowest BCUT2D eigenvalue weighted by Crippen LogP contribution is -2.49. The van der Waals surface area contributed by atoms with Crippen molar-refractivity contribution >= 4 is 10.2 Å². The molecule has 0 spiro atoms. The molecular formula is C12H22N2O4S. The van der Waals surface area contributed by atoms with E-state index in [0.29, 0.717) is 32.8 Å². The van der Waals surface area contributed by atoms with Crippen molar-refractivity contribution in [2.45, 2.75) is 25.4 Å². The van der Waals surface area contributed by atoms with Crippen LogP contribution in [0.5, 0.6) is 0 Å². The summed E-state index contributed by atoms with van der Waals surface area (Å²) in [6.45, 7) is 4.35. The minimum atomic E-state index is -3.44. The van der Waals surface area contributed by atoms with Gasteiger partial charge in [0.1, 0.15) is 0 Å². The van der Waals surface area contributed by atoms with Crippen LogP contribution in [0.4, 0.5) is 0 Å². The molecule has 2 aliphatic heterocycles. The van der Waals surface area contributed by atoms with Gasteiger partial charge in [0, 0.05) is 32.1 Å². The monoisotopic (exact) mass is 290 g/mol. The molecule has 0 unspecified atom stereocenters. The van der Waals surface area contributed by atoms with Crippen LogP contribution in [0.25, 0.3) is 0 Å². The average molecular weight is 290 g/mol. The molecule has 0 amide bonds. The van der Waals surface area contributed by atoms with Crippen LogP contribution in [0.1, 0.15) is 19.8 Å². The summed E-state index contributed by atoms with van der Waals surface area (Å²) in [6, 6.07) is 0. The lowest BCUT2D eigenvalue weighted by molar-refractivity contribution is -0.00130. The molecule has 2 saturated heterocycles. The van der Waals surface area contributed by atoms with Gasteiger partial charge in [0.05, 0.1) is 18.8 Å². The quantitative estimate of drug-likeness (QED) is 0.772. The Balaban J connectivity index is 1.75. The Bertz CT molecular complexity index is 445. The van der Waals surface area contributed by atoms with E-state index in [2.05, 4.69) is 0 Å². The standard InChI is InChI=1S/C12H22N2O4S/c1-10-8-14(9-12(10,15)11-2-3-11)19(16,17)13-4-6-18-7-5-13/h10-11,15H,2-9H2,1H3/t10-,12+/m1/s1. The third kappa shape index (κ3) is 2.31. The van der Waals surface area contributed by atoms with Gasteiger partial charge in [-0.25, -0.2) is 0 Å². The van der Waals surface area contributed by atoms with Crippen molar-refractivity contribution in [2.24, 2.45) is 11.8 Å². The first-order valence-corrected chi connectivity index (χ1v) is 8.39. The zero-order chi connectivity index (χ0) is 13.7. The fraction of sp³-hybridized carbons (Fsp3) is 1.00. The SMILES string of the molecule is C[C@@H]1CN(S(=O)(=O)N2CCOCC2)C[C@@]1(O)C1CC1. The van der Waals surface area contributed by atoms with Crippen molar-refractivity contribution in [3.8, 4) is 0 Å². The summed E-state index contributed by atoms with van der Waals surface area (Å²) >= 11 is 0. The van der Waals surface area contributed by atoms with Crippen molar-refractivity contribution in [1.82, 2.24) is 8.61 Å². The number of aliphatic hydroxyl groups is 1. The fourth-order valence-corrected chi connectivity index (χ4v) is 4.92. The van der Waals surface area contributed by atoms with Gasteiger partial charge in [0.2, 0.25) is 0 Å². The van der Waals surface area contributed by atoms with Crippen LogP contribution in [-0.4, -0.2) is 67.1 Å². The third-order valence-corrected chi connectivity index (χ3v) is 6.62. The number of rotatable bonds is 3. The first kappa shape index (κ1) is 13.8. The van der Waals surface area contributed by atoms with Gasteiger partial charge >= 0.3 is 0 Å². The van der Waals surface area contributed by atoms with Crippen LogP contribution in [0.3, 0.4) is 0 Å². The highest BCUT2D eigenvalue weighted by Crippen LogP contribution is 2.47. The predicted octanol–water partition coefficient (Wildman–Crippen LogP) is -0.344. The summed E-state index contributed by atoms with van der Waals surface area (Å²) in [6.07, 6.45) is 2.04. The number of ether oxygens (including phenoxy) is 1. The Morgan fingerprint density at radius 3 is 2.42 bits per heavy atom. The Hall–Kier alpha value is -0.210. The third-order valence-electron chi connectivity index (χ3n) is 4.67. The molecule has 1 aliphatic carbocycles. The minimum absolute atomic E-state index is 0.0100. The Morgan fingerprint density at radius 1 is 1.21 bits per heavy atom. The van der Waals surface area contributed by atoms with Crippen molar-refractivity contribution in [3.63, 3.8) is 0 Å². The Kier molecular flexibility index (Phi) is 3.38. The van der Waals surface area contributed by atoms with E-state index in [-0.39, 0.29) is 18.4 Å². The van der Waals surface area contributed by atoms with Gasteiger partial charge in [-0.15, -0.1) is 0 Å². The molecule has 7 heteroatoms. The van der Waals surface area contributed by atoms with Crippen LogP contribution < -0.4 is 0 Å². The van der Waals surface area contributed by atoms with Crippen molar-refractivity contribution < 1.29 is 18.3 Å². The highest BCUT2D eigenvalue weighted by Gasteiger charge is 2.55. The van der Waals surface area contributed by atoms with Crippen LogP contribution in [0.15, 0.2) is 0 Å². The number of nitrogens with zero attached hydrogens (tertiary/aromatic N) is 2.